The molecule has 0 fully saturated rings. The van der Waals surface area contributed by atoms with Crippen LogP contribution in [0.2, 0.25) is 0 Å². The summed E-state index contributed by atoms with van der Waals surface area (Å²) in [7, 11) is 0. The molecule has 2 rings (SSSR count). The lowest BCUT2D eigenvalue weighted by atomic mass is 10.3. The third-order valence-electron chi connectivity index (χ3n) is 3.08. The Morgan fingerprint density at radius 3 is 2.36 bits per heavy atom. The maximum absolute atomic E-state index is 12.0. The molecule has 2 amide bonds. The van der Waals surface area contributed by atoms with Gasteiger partial charge < -0.3 is 20.1 Å². The van der Waals surface area contributed by atoms with Crippen molar-refractivity contribution < 1.29 is 19.1 Å². The molecule has 0 bridgehead atoms. The van der Waals surface area contributed by atoms with Crippen molar-refractivity contribution in [1.82, 2.24) is 5.32 Å². The largest absolute Gasteiger partial charge is 0.489 e. The van der Waals surface area contributed by atoms with Crippen LogP contribution in [-0.4, -0.2) is 31.1 Å². The van der Waals surface area contributed by atoms with Crippen molar-refractivity contribution in [3.8, 4) is 11.5 Å². The third-order valence-corrected chi connectivity index (χ3v) is 3.08. The molecule has 0 aromatic heterocycles. The number of amides is 2. The maximum atomic E-state index is 12.0. The first-order valence-corrected chi connectivity index (χ1v) is 8.04. The highest BCUT2D eigenvalue weighted by atomic mass is 16.5. The van der Waals surface area contributed by atoms with Gasteiger partial charge in [-0.3, -0.25) is 9.59 Å². The van der Waals surface area contributed by atoms with Gasteiger partial charge in [-0.15, -0.1) is 0 Å². The Hall–Kier alpha value is -3.02. The lowest BCUT2D eigenvalue weighted by Gasteiger charge is -2.15. The van der Waals surface area contributed by atoms with E-state index in [-0.39, 0.29) is 31.1 Å². The number of benzene rings is 2. The molecule has 0 aliphatic heterocycles. The van der Waals surface area contributed by atoms with E-state index in [1.54, 1.807) is 30.3 Å². The van der Waals surface area contributed by atoms with Crippen LogP contribution < -0.4 is 20.1 Å². The molecule has 25 heavy (non-hydrogen) atoms. The second kappa shape index (κ2) is 9.32. The molecule has 6 heteroatoms. The fraction of sp³-hybridized carbons (Fsp3) is 0.263. The molecular formula is C19H22N2O4. The smallest absolute Gasteiger partial charge is 0.258 e. The zero-order valence-electron chi connectivity index (χ0n) is 14.3. The first kappa shape index (κ1) is 18.3. The molecule has 132 valence electrons. The van der Waals surface area contributed by atoms with Gasteiger partial charge in [0.2, 0.25) is 5.91 Å². The highest BCUT2D eigenvalue weighted by Crippen LogP contribution is 2.24. The van der Waals surface area contributed by atoms with Gasteiger partial charge in [-0.1, -0.05) is 30.3 Å². The second-order valence-electron chi connectivity index (χ2n) is 5.59. The molecule has 2 aromatic rings. The van der Waals surface area contributed by atoms with Crippen LogP contribution >= 0.6 is 0 Å². The van der Waals surface area contributed by atoms with Crippen LogP contribution in [0.25, 0.3) is 0 Å². The monoisotopic (exact) mass is 342 g/mol. The van der Waals surface area contributed by atoms with Crippen molar-refractivity contribution >= 4 is 17.5 Å². The molecule has 6 nitrogen and oxygen atoms in total. The number of hydrogen-bond acceptors (Lipinski definition) is 4. The highest BCUT2D eigenvalue weighted by Gasteiger charge is 2.10. The Morgan fingerprint density at radius 1 is 0.960 bits per heavy atom. The fourth-order valence-electron chi connectivity index (χ4n) is 2.02. The summed E-state index contributed by atoms with van der Waals surface area (Å²) in [6.07, 6.45) is -0.00658. The molecule has 0 aliphatic carbocycles. The molecule has 0 heterocycles. The minimum absolute atomic E-state index is 0.00658. The molecule has 0 radical (unpaired) electrons. The van der Waals surface area contributed by atoms with Crippen molar-refractivity contribution in [2.24, 2.45) is 0 Å². The number of ether oxygens (including phenoxy) is 2. The third kappa shape index (κ3) is 6.55. The van der Waals surface area contributed by atoms with Gasteiger partial charge in [0.1, 0.15) is 11.5 Å². The summed E-state index contributed by atoms with van der Waals surface area (Å²) < 4.78 is 11.0. The van der Waals surface area contributed by atoms with Gasteiger partial charge in [0.25, 0.3) is 5.91 Å². The van der Waals surface area contributed by atoms with Gasteiger partial charge >= 0.3 is 0 Å². The van der Waals surface area contributed by atoms with Crippen molar-refractivity contribution in [3.05, 3.63) is 54.6 Å². The minimum atomic E-state index is -0.370. The van der Waals surface area contributed by atoms with Gasteiger partial charge in [-0.05, 0) is 38.1 Å². The first-order chi connectivity index (χ1) is 12.0. The number of para-hydroxylation sites is 3. The summed E-state index contributed by atoms with van der Waals surface area (Å²) in [4.78, 5) is 23.8. The summed E-state index contributed by atoms with van der Waals surface area (Å²) in [6.45, 7) is 3.52. The Kier molecular flexibility index (Phi) is 6.83. The zero-order chi connectivity index (χ0) is 18.1. The molecule has 0 saturated carbocycles. The summed E-state index contributed by atoms with van der Waals surface area (Å²) in [5, 5.41) is 5.24. The van der Waals surface area contributed by atoms with E-state index >= 15 is 0 Å². The topological polar surface area (TPSA) is 76.7 Å². The Morgan fingerprint density at radius 2 is 1.64 bits per heavy atom. The van der Waals surface area contributed by atoms with Gasteiger partial charge in [0.05, 0.1) is 18.3 Å². The minimum Gasteiger partial charge on any atom is -0.489 e. The van der Waals surface area contributed by atoms with E-state index in [1.165, 1.54) is 0 Å². The summed E-state index contributed by atoms with van der Waals surface area (Å²) in [5.41, 5.74) is 0.566. The Balaban J connectivity index is 1.78. The first-order valence-electron chi connectivity index (χ1n) is 8.04. The van der Waals surface area contributed by atoms with Gasteiger partial charge in [0, 0.05) is 0 Å². The summed E-state index contributed by atoms with van der Waals surface area (Å²) >= 11 is 0. The van der Waals surface area contributed by atoms with E-state index in [9.17, 15) is 9.59 Å². The van der Waals surface area contributed by atoms with E-state index in [4.69, 9.17) is 9.47 Å². The fourth-order valence-corrected chi connectivity index (χ4v) is 2.02. The number of carbonyl (C=O) groups is 2. The van der Waals surface area contributed by atoms with E-state index in [1.807, 2.05) is 38.1 Å². The second-order valence-corrected chi connectivity index (χ2v) is 5.59. The Labute approximate surface area is 147 Å². The number of anilines is 1. The predicted molar refractivity (Wildman–Crippen MR) is 95.8 cm³/mol. The molecule has 0 aliphatic rings. The highest BCUT2D eigenvalue weighted by molar-refractivity contribution is 5.95. The molecular weight excluding hydrogens is 320 g/mol. The van der Waals surface area contributed by atoms with Gasteiger partial charge in [-0.2, -0.15) is 0 Å². The van der Waals surface area contributed by atoms with Crippen LogP contribution in [0.15, 0.2) is 54.6 Å². The average Bonchev–Trinajstić information content (AvgIpc) is 2.60. The number of rotatable bonds is 8. The van der Waals surface area contributed by atoms with E-state index in [0.717, 1.165) is 0 Å². The maximum Gasteiger partial charge on any atom is 0.258 e. The molecule has 2 aromatic carbocycles. The van der Waals surface area contributed by atoms with Gasteiger partial charge in [-0.25, -0.2) is 0 Å². The number of nitrogens with one attached hydrogen (secondary N) is 2. The van der Waals surface area contributed by atoms with Crippen LogP contribution in [0, 0.1) is 0 Å². The summed E-state index contributed by atoms with van der Waals surface area (Å²) in [5.74, 6) is 0.477. The van der Waals surface area contributed by atoms with Crippen LogP contribution in [-0.2, 0) is 9.59 Å². The van der Waals surface area contributed by atoms with E-state index in [2.05, 4.69) is 10.6 Å². The predicted octanol–water partition coefficient (Wildman–Crippen LogP) is 2.61. The molecule has 2 N–H and O–H groups in total. The Bertz CT molecular complexity index is 702. The van der Waals surface area contributed by atoms with Crippen LogP contribution in [0.1, 0.15) is 13.8 Å². The van der Waals surface area contributed by atoms with Crippen LogP contribution in [0.4, 0.5) is 5.69 Å². The normalized spacial score (nSPS) is 10.2. The summed E-state index contributed by atoms with van der Waals surface area (Å²) in [6, 6.07) is 16.2. The quantitative estimate of drug-likeness (QED) is 0.773. The zero-order valence-corrected chi connectivity index (χ0v) is 14.3. The van der Waals surface area contributed by atoms with Gasteiger partial charge in [0.15, 0.2) is 6.61 Å². The van der Waals surface area contributed by atoms with Crippen molar-refractivity contribution in [2.75, 3.05) is 18.5 Å². The van der Waals surface area contributed by atoms with Crippen molar-refractivity contribution in [3.63, 3.8) is 0 Å². The van der Waals surface area contributed by atoms with Crippen LogP contribution in [0.3, 0.4) is 0 Å². The lowest BCUT2D eigenvalue weighted by molar-refractivity contribution is -0.125. The average molecular weight is 342 g/mol. The van der Waals surface area contributed by atoms with Crippen LogP contribution in [0.5, 0.6) is 11.5 Å². The van der Waals surface area contributed by atoms with E-state index < -0.39 is 0 Å². The van der Waals surface area contributed by atoms with Crippen molar-refractivity contribution in [2.45, 2.75) is 20.0 Å². The standard InChI is InChI=1S/C19H22N2O4/c1-14(2)25-17-11-7-6-10-16(17)21-18(22)12-20-19(23)13-24-15-8-4-3-5-9-15/h3-11,14H,12-13H2,1-2H3,(H,20,23)(H,21,22). The molecule has 0 spiro atoms. The lowest BCUT2D eigenvalue weighted by Crippen LogP contribution is -2.35. The van der Waals surface area contributed by atoms with Crippen molar-refractivity contribution in [1.29, 1.82) is 0 Å². The molecule has 0 atom stereocenters. The molecule has 0 unspecified atom stereocenters. The molecule has 0 saturated heterocycles. The van der Waals surface area contributed by atoms with E-state index in [0.29, 0.717) is 17.2 Å². The SMILES string of the molecule is CC(C)Oc1ccccc1NC(=O)CNC(=O)COc1ccccc1. The number of hydrogen-bond donors (Lipinski definition) is 2. The number of carbonyl (C=O) groups excluding carboxylic acids is 2.